The van der Waals surface area contributed by atoms with Gasteiger partial charge in [-0.25, -0.2) is 0 Å². The Bertz CT molecular complexity index is 394. The van der Waals surface area contributed by atoms with Gasteiger partial charge < -0.3 is 15.3 Å². The third kappa shape index (κ3) is 5.81. The maximum atomic E-state index is 9.40. The molecule has 0 aliphatic heterocycles. The number of aliphatic hydroxyl groups is 1. The van der Waals surface area contributed by atoms with Crippen molar-refractivity contribution in [2.24, 2.45) is 5.92 Å². The molecule has 0 heterocycles. The van der Waals surface area contributed by atoms with Crippen molar-refractivity contribution in [1.82, 2.24) is 5.32 Å². The first kappa shape index (κ1) is 16.3. The minimum absolute atomic E-state index is 0.367. The van der Waals surface area contributed by atoms with Crippen LogP contribution >= 0.6 is 11.6 Å². The van der Waals surface area contributed by atoms with Crippen molar-refractivity contribution in [3.63, 3.8) is 0 Å². The van der Waals surface area contributed by atoms with Crippen molar-refractivity contribution in [2.45, 2.75) is 33.4 Å². The van der Waals surface area contributed by atoms with Gasteiger partial charge in [0.15, 0.2) is 0 Å². The molecule has 3 nitrogen and oxygen atoms in total. The maximum Gasteiger partial charge on any atom is 0.0686 e. The fraction of sp³-hybridized carbons (Fsp3) is 0.600. The van der Waals surface area contributed by atoms with Crippen LogP contribution in [0, 0.1) is 5.92 Å². The zero-order valence-corrected chi connectivity index (χ0v) is 13.0. The third-order valence-electron chi connectivity index (χ3n) is 2.84. The quantitative estimate of drug-likeness (QED) is 0.808. The van der Waals surface area contributed by atoms with Crippen molar-refractivity contribution >= 4 is 17.3 Å². The highest BCUT2D eigenvalue weighted by Gasteiger charge is 2.09. The summed E-state index contributed by atoms with van der Waals surface area (Å²) in [6.07, 6.45) is -0.367. The monoisotopic (exact) mass is 284 g/mol. The molecule has 0 amide bonds. The Hall–Kier alpha value is -0.770. The molecule has 0 aliphatic carbocycles. The average molecular weight is 285 g/mol. The lowest BCUT2D eigenvalue weighted by atomic mass is 10.1. The van der Waals surface area contributed by atoms with E-state index in [1.807, 2.05) is 24.1 Å². The Morgan fingerprint density at radius 1 is 1.32 bits per heavy atom. The van der Waals surface area contributed by atoms with E-state index in [4.69, 9.17) is 11.6 Å². The van der Waals surface area contributed by atoms with Crippen LogP contribution in [0.5, 0.6) is 0 Å². The number of nitrogens with one attached hydrogen (secondary N) is 1. The van der Waals surface area contributed by atoms with Gasteiger partial charge in [0.2, 0.25) is 0 Å². The number of halogens is 1. The van der Waals surface area contributed by atoms with Crippen LogP contribution in [0.1, 0.15) is 26.3 Å². The van der Waals surface area contributed by atoms with Gasteiger partial charge in [0.1, 0.15) is 0 Å². The Morgan fingerprint density at radius 3 is 2.53 bits per heavy atom. The molecule has 4 heteroatoms. The van der Waals surface area contributed by atoms with Gasteiger partial charge in [0, 0.05) is 20.1 Å². The first-order valence-corrected chi connectivity index (χ1v) is 7.16. The molecule has 1 rings (SSSR count). The molecule has 0 spiro atoms. The molecule has 0 saturated carbocycles. The van der Waals surface area contributed by atoms with Crippen LogP contribution < -0.4 is 10.2 Å². The van der Waals surface area contributed by atoms with E-state index in [2.05, 4.69) is 25.2 Å². The number of nitrogens with zero attached hydrogens (tertiary/aromatic N) is 1. The molecule has 1 unspecified atom stereocenters. The largest absolute Gasteiger partial charge is 0.392 e. The first-order chi connectivity index (χ1) is 8.90. The number of hydrogen-bond donors (Lipinski definition) is 2. The van der Waals surface area contributed by atoms with Gasteiger partial charge in [-0.05, 0) is 37.1 Å². The molecule has 108 valence electrons. The highest BCUT2D eigenvalue weighted by atomic mass is 35.5. The number of likely N-dealkylation sites (N-methyl/N-ethyl adjacent to an activating group) is 1. The highest BCUT2D eigenvalue weighted by Crippen LogP contribution is 2.26. The van der Waals surface area contributed by atoms with E-state index in [0.717, 1.165) is 23.8 Å². The molecule has 0 bridgehead atoms. The fourth-order valence-corrected chi connectivity index (χ4v) is 2.32. The highest BCUT2D eigenvalue weighted by molar-refractivity contribution is 6.33. The zero-order valence-electron chi connectivity index (χ0n) is 12.3. The number of benzene rings is 1. The molecule has 0 aromatic heterocycles. The average Bonchev–Trinajstić information content (AvgIpc) is 2.27. The molecular formula is C15H25ClN2O. The lowest BCUT2D eigenvalue weighted by molar-refractivity contribution is 0.201. The Balaban J connectivity index is 2.63. The Morgan fingerprint density at radius 2 is 2.00 bits per heavy atom. The molecule has 1 aromatic rings. The first-order valence-electron chi connectivity index (χ1n) is 6.78. The molecular weight excluding hydrogens is 260 g/mol. The summed E-state index contributed by atoms with van der Waals surface area (Å²) in [7, 11) is 1.94. The van der Waals surface area contributed by atoms with Crippen molar-refractivity contribution < 1.29 is 5.11 Å². The van der Waals surface area contributed by atoms with Crippen LogP contribution in [0.2, 0.25) is 5.02 Å². The van der Waals surface area contributed by atoms with Crippen LogP contribution in [0.15, 0.2) is 18.2 Å². The van der Waals surface area contributed by atoms with Crippen LogP contribution in [-0.2, 0) is 6.54 Å². The number of rotatable bonds is 7. The van der Waals surface area contributed by atoms with Gasteiger partial charge >= 0.3 is 0 Å². The van der Waals surface area contributed by atoms with Gasteiger partial charge in [-0.1, -0.05) is 31.5 Å². The minimum Gasteiger partial charge on any atom is -0.392 e. The maximum absolute atomic E-state index is 9.40. The summed E-state index contributed by atoms with van der Waals surface area (Å²) in [6, 6.07) is 6.08. The van der Waals surface area contributed by atoms with Gasteiger partial charge in [-0.15, -0.1) is 0 Å². The minimum atomic E-state index is -0.367. The van der Waals surface area contributed by atoms with Crippen molar-refractivity contribution in [2.75, 3.05) is 25.0 Å². The van der Waals surface area contributed by atoms with Gasteiger partial charge in [-0.3, -0.25) is 0 Å². The van der Waals surface area contributed by atoms with Crippen LogP contribution in [0.3, 0.4) is 0 Å². The normalized spacial score (nSPS) is 12.8. The van der Waals surface area contributed by atoms with E-state index < -0.39 is 0 Å². The van der Waals surface area contributed by atoms with Gasteiger partial charge in [0.25, 0.3) is 0 Å². The summed E-state index contributed by atoms with van der Waals surface area (Å²) in [6.45, 7) is 8.56. The lowest BCUT2D eigenvalue weighted by Gasteiger charge is -2.22. The number of aliphatic hydroxyl groups excluding tert-OH is 1. The van der Waals surface area contributed by atoms with E-state index in [-0.39, 0.29) is 6.10 Å². The molecule has 0 radical (unpaired) electrons. The third-order valence-corrected chi connectivity index (χ3v) is 3.15. The van der Waals surface area contributed by atoms with Gasteiger partial charge in [0.05, 0.1) is 16.8 Å². The van der Waals surface area contributed by atoms with E-state index in [9.17, 15) is 5.11 Å². The summed E-state index contributed by atoms with van der Waals surface area (Å²) in [4.78, 5) is 1.97. The predicted octanol–water partition coefficient (Wildman–Crippen LogP) is 2.90. The van der Waals surface area contributed by atoms with E-state index in [0.29, 0.717) is 12.5 Å². The van der Waals surface area contributed by atoms with Crippen molar-refractivity contribution in [3.8, 4) is 0 Å². The van der Waals surface area contributed by atoms with Crippen LogP contribution in [0.4, 0.5) is 5.69 Å². The second kappa shape index (κ2) is 7.73. The molecule has 0 fully saturated rings. The predicted molar refractivity (Wildman–Crippen MR) is 82.9 cm³/mol. The molecule has 0 saturated heterocycles. The fourth-order valence-electron chi connectivity index (χ4n) is 1.97. The summed E-state index contributed by atoms with van der Waals surface area (Å²) in [5.41, 5.74) is 2.13. The topological polar surface area (TPSA) is 35.5 Å². The van der Waals surface area contributed by atoms with Crippen LogP contribution in [0.25, 0.3) is 0 Å². The number of anilines is 1. The molecule has 19 heavy (non-hydrogen) atoms. The number of hydrogen-bond acceptors (Lipinski definition) is 3. The van der Waals surface area contributed by atoms with Crippen LogP contribution in [-0.4, -0.2) is 31.3 Å². The second-order valence-corrected chi connectivity index (χ2v) is 5.95. The zero-order chi connectivity index (χ0) is 14.4. The molecule has 0 aliphatic rings. The van der Waals surface area contributed by atoms with Crippen molar-refractivity contribution in [3.05, 3.63) is 28.8 Å². The molecule has 1 atom stereocenters. The Labute approximate surface area is 121 Å². The van der Waals surface area contributed by atoms with E-state index in [1.165, 1.54) is 5.56 Å². The summed E-state index contributed by atoms with van der Waals surface area (Å²) < 4.78 is 0. The second-order valence-electron chi connectivity index (χ2n) is 5.54. The smallest absolute Gasteiger partial charge is 0.0686 e. The lowest BCUT2D eigenvalue weighted by Crippen LogP contribution is -2.27. The SMILES string of the molecule is CC(C)CNCc1ccc(N(C)CC(C)O)c(Cl)c1. The summed E-state index contributed by atoms with van der Waals surface area (Å²) in [5.74, 6) is 0.645. The van der Waals surface area contributed by atoms with E-state index >= 15 is 0 Å². The standard InChI is InChI=1S/C15H25ClN2O/c1-11(2)8-17-9-13-5-6-15(14(16)7-13)18(4)10-12(3)19/h5-7,11-12,17,19H,8-10H2,1-4H3. The van der Waals surface area contributed by atoms with Crippen molar-refractivity contribution in [1.29, 1.82) is 0 Å². The molecule has 2 N–H and O–H groups in total. The molecule has 1 aromatic carbocycles. The van der Waals surface area contributed by atoms with Gasteiger partial charge in [-0.2, -0.15) is 0 Å². The van der Waals surface area contributed by atoms with E-state index in [1.54, 1.807) is 6.92 Å². The Kier molecular flexibility index (Phi) is 6.63. The summed E-state index contributed by atoms with van der Waals surface area (Å²) >= 11 is 6.30. The summed E-state index contributed by atoms with van der Waals surface area (Å²) in [5, 5.41) is 13.5.